The van der Waals surface area contributed by atoms with Crippen molar-refractivity contribution in [1.82, 2.24) is 19.4 Å². The van der Waals surface area contributed by atoms with E-state index in [0.29, 0.717) is 23.9 Å². The summed E-state index contributed by atoms with van der Waals surface area (Å²) in [5.41, 5.74) is 7.91. The zero-order chi connectivity index (χ0) is 28.7. The van der Waals surface area contributed by atoms with Gasteiger partial charge in [-0.1, -0.05) is 25.6 Å². The first-order chi connectivity index (χ1) is 19.8. The van der Waals surface area contributed by atoms with Gasteiger partial charge in [-0.3, -0.25) is 10.1 Å². The molecule has 42 heavy (non-hydrogen) atoms. The lowest BCUT2D eigenvalue weighted by molar-refractivity contribution is -0.384. The molecule has 2 aromatic heterocycles. The highest BCUT2D eigenvalue weighted by atomic mass is 16.6. The maximum atomic E-state index is 12.1. The molecule has 0 spiro atoms. The van der Waals surface area contributed by atoms with Gasteiger partial charge < -0.3 is 24.6 Å². The van der Waals surface area contributed by atoms with E-state index >= 15 is 0 Å². The van der Waals surface area contributed by atoms with E-state index in [0.717, 1.165) is 74.4 Å². The van der Waals surface area contributed by atoms with Crippen LogP contribution in [-0.4, -0.2) is 71.7 Å². The normalized spacial score (nSPS) is 14.4. The number of para-hydroxylation sites is 1. The van der Waals surface area contributed by atoms with Crippen molar-refractivity contribution < 1.29 is 4.92 Å². The standard InChI is InChI=1S/C31H38N8O2.CH4/c1-21-17-26(36(4)16-15-35(2)3)27(39(40)41)18-25(21)33-31-32-19-28(37-12-5-6-13-37)29(34-31)24-20-38-14-8-10-22-9-7-11-23(24)30(22)38;/h7,9,11,17-20H,5-6,8,10,12-16H2,1-4H3,(H,32,33,34);1H4. The zero-order valence-corrected chi connectivity index (χ0v) is 24.4. The fourth-order valence-corrected chi connectivity index (χ4v) is 6.13. The van der Waals surface area contributed by atoms with Crippen molar-refractivity contribution >= 4 is 39.6 Å². The minimum absolute atomic E-state index is 0. The van der Waals surface area contributed by atoms with Crippen molar-refractivity contribution in [3.63, 3.8) is 0 Å². The topological polar surface area (TPSA) is 95.6 Å². The molecule has 1 saturated heterocycles. The van der Waals surface area contributed by atoms with Gasteiger partial charge in [-0.05, 0) is 63.9 Å². The van der Waals surface area contributed by atoms with Crippen molar-refractivity contribution in [3.05, 3.63) is 64.0 Å². The van der Waals surface area contributed by atoms with E-state index in [9.17, 15) is 10.1 Å². The monoisotopic (exact) mass is 570 g/mol. The Bertz CT molecular complexity index is 1610. The zero-order valence-electron chi connectivity index (χ0n) is 24.4. The molecule has 0 unspecified atom stereocenters. The van der Waals surface area contributed by atoms with E-state index in [1.807, 2.05) is 45.2 Å². The molecule has 1 N–H and O–H groups in total. The molecule has 0 amide bonds. The first-order valence-corrected chi connectivity index (χ1v) is 14.4. The van der Waals surface area contributed by atoms with E-state index in [4.69, 9.17) is 9.97 Å². The van der Waals surface area contributed by atoms with Gasteiger partial charge in [0.1, 0.15) is 11.4 Å². The van der Waals surface area contributed by atoms with Crippen LogP contribution in [0.2, 0.25) is 0 Å². The van der Waals surface area contributed by atoms with Gasteiger partial charge >= 0.3 is 0 Å². The summed E-state index contributed by atoms with van der Waals surface area (Å²) in [5, 5.41) is 16.6. The average Bonchev–Trinajstić information content (AvgIpc) is 3.62. The van der Waals surface area contributed by atoms with Gasteiger partial charge in [-0.25, -0.2) is 9.97 Å². The van der Waals surface area contributed by atoms with Crippen molar-refractivity contribution in [1.29, 1.82) is 0 Å². The summed E-state index contributed by atoms with van der Waals surface area (Å²) in [7, 11) is 5.88. The van der Waals surface area contributed by atoms with Gasteiger partial charge in [0.2, 0.25) is 5.95 Å². The summed E-state index contributed by atoms with van der Waals surface area (Å²) in [6.07, 6.45) is 8.69. The van der Waals surface area contributed by atoms with Gasteiger partial charge in [0, 0.05) is 63.0 Å². The Morgan fingerprint density at radius 3 is 2.60 bits per heavy atom. The van der Waals surface area contributed by atoms with E-state index in [1.54, 1.807) is 6.07 Å². The smallest absolute Gasteiger partial charge is 0.294 e. The number of aromatic nitrogens is 3. The quantitative estimate of drug-likeness (QED) is 0.187. The lowest BCUT2D eigenvalue weighted by Gasteiger charge is -2.23. The number of aryl methyl sites for hydroxylation is 3. The summed E-state index contributed by atoms with van der Waals surface area (Å²) in [5.74, 6) is 0.431. The molecule has 0 radical (unpaired) electrons. The Labute approximate surface area is 248 Å². The molecule has 222 valence electrons. The molecule has 4 aromatic rings. The van der Waals surface area contributed by atoms with Crippen LogP contribution < -0.4 is 15.1 Å². The molecule has 10 heteroatoms. The van der Waals surface area contributed by atoms with E-state index in [-0.39, 0.29) is 18.0 Å². The summed E-state index contributed by atoms with van der Waals surface area (Å²) in [6, 6.07) is 10.0. The maximum absolute atomic E-state index is 12.1. The van der Waals surface area contributed by atoms with Crippen LogP contribution in [0.15, 0.2) is 42.7 Å². The first kappa shape index (κ1) is 29.3. The second-order valence-electron chi connectivity index (χ2n) is 11.5. The van der Waals surface area contributed by atoms with Gasteiger partial charge in [-0.15, -0.1) is 0 Å². The molecule has 0 saturated carbocycles. The van der Waals surface area contributed by atoms with E-state index < -0.39 is 0 Å². The third-order valence-electron chi connectivity index (χ3n) is 8.36. The van der Waals surface area contributed by atoms with E-state index in [2.05, 4.69) is 44.1 Å². The number of anilines is 4. The summed E-state index contributed by atoms with van der Waals surface area (Å²) in [6.45, 7) is 6.41. The Kier molecular flexibility index (Phi) is 8.36. The first-order valence-electron chi connectivity index (χ1n) is 14.4. The number of benzene rings is 2. The molecule has 2 aliphatic heterocycles. The number of likely N-dealkylation sites (N-methyl/N-ethyl adjacent to an activating group) is 2. The van der Waals surface area contributed by atoms with Crippen LogP contribution >= 0.6 is 0 Å². The predicted molar refractivity (Wildman–Crippen MR) is 172 cm³/mol. The molecule has 4 heterocycles. The molecule has 2 aromatic carbocycles. The number of nitrogens with zero attached hydrogens (tertiary/aromatic N) is 7. The molecule has 0 bridgehead atoms. The molecule has 2 aliphatic rings. The molecule has 0 aliphatic carbocycles. The van der Waals surface area contributed by atoms with Crippen LogP contribution in [0.1, 0.15) is 37.8 Å². The minimum atomic E-state index is -0.317. The third-order valence-corrected chi connectivity index (χ3v) is 8.36. The Balaban J connectivity index is 0.00000353. The highest BCUT2D eigenvalue weighted by Crippen LogP contribution is 2.40. The van der Waals surface area contributed by atoms with Crippen molar-refractivity contribution in [2.45, 2.75) is 46.6 Å². The van der Waals surface area contributed by atoms with Crippen LogP contribution in [0.3, 0.4) is 0 Å². The number of nitrogens with one attached hydrogen (secondary N) is 1. The summed E-state index contributed by atoms with van der Waals surface area (Å²) in [4.78, 5) is 28.0. The minimum Gasteiger partial charge on any atom is -0.369 e. The van der Waals surface area contributed by atoms with Crippen LogP contribution in [0, 0.1) is 17.0 Å². The number of hydrogen-bond donors (Lipinski definition) is 1. The maximum Gasteiger partial charge on any atom is 0.294 e. The Morgan fingerprint density at radius 1 is 1.07 bits per heavy atom. The number of nitro groups is 1. The van der Waals surface area contributed by atoms with Gasteiger partial charge in [0.05, 0.1) is 28.0 Å². The predicted octanol–water partition coefficient (Wildman–Crippen LogP) is 6.24. The largest absolute Gasteiger partial charge is 0.369 e. The molecule has 0 atom stereocenters. The SMILES string of the molecule is C.Cc1cc(N(C)CCN(C)C)c([N+](=O)[O-])cc1Nc1ncc(N2CCCC2)c(-c2cn3c4c(cccc24)CCC3)n1. The van der Waals surface area contributed by atoms with Gasteiger partial charge in [0.25, 0.3) is 5.69 Å². The summed E-state index contributed by atoms with van der Waals surface area (Å²) >= 11 is 0. The van der Waals surface area contributed by atoms with Crippen LogP contribution in [0.25, 0.3) is 22.2 Å². The lowest BCUT2D eigenvalue weighted by Crippen LogP contribution is -2.29. The van der Waals surface area contributed by atoms with Gasteiger partial charge in [0.15, 0.2) is 0 Å². The third kappa shape index (κ3) is 5.51. The lowest BCUT2D eigenvalue weighted by atomic mass is 10.0. The van der Waals surface area contributed by atoms with Gasteiger partial charge in [-0.2, -0.15) is 0 Å². The molecule has 10 nitrogen and oxygen atoms in total. The number of rotatable bonds is 9. The van der Waals surface area contributed by atoms with Crippen molar-refractivity contribution in [2.24, 2.45) is 0 Å². The molecule has 6 rings (SSSR count). The van der Waals surface area contributed by atoms with Crippen LogP contribution in [0.4, 0.5) is 28.7 Å². The van der Waals surface area contributed by atoms with Crippen LogP contribution in [-0.2, 0) is 13.0 Å². The van der Waals surface area contributed by atoms with Crippen molar-refractivity contribution in [2.75, 3.05) is 62.4 Å². The molecular weight excluding hydrogens is 528 g/mol. The number of hydrogen-bond acceptors (Lipinski definition) is 8. The second kappa shape index (κ2) is 12.0. The van der Waals surface area contributed by atoms with E-state index in [1.165, 1.54) is 16.5 Å². The Hall–Kier alpha value is -4.18. The highest BCUT2D eigenvalue weighted by Gasteiger charge is 2.25. The highest BCUT2D eigenvalue weighted by molar-refractivity contribution is 6.00. The molecule has 1 fully saturated rings. The fourth-order valence-electron chi connectivity index (χ4n) is 6.13. The fraction of sp³-hybridized carbons (Fsp3) is 0.438. The van der Waals surface area contributed by atoms with Crippen LogP contribution in [0.5, 0.6) is 0 Å². The van der Waals surface area contributed by atoms with Crippen molar-refractivity contribution in [3.8, 4) is 11.3 Å². The average molecular weight is 571 g/mol. The Morgan fingerprint density at radius 2 is 1.86 bits per heavy atom. The molecular formula is C32H42N8O2. The summed E-state index contributed by atoms with van der Waals surface area (Å²) < 4.78 is 2.37. The second-order valence-corrected chi connectivity index (χ2v) is 11.5. The number of nitro benzene ring substituents is 1.